The van der Waals surface area contributed by atoms with Gasteiger partial charge in [-0.15, -0.1) is 0 Å². The first-order valence-corrected chi connectivity index (χ1v) is 5.09. The van der Waals surface area contributed by atoms with Crippen LogP contribution in [0.4, 0.5) is 0 Å². The van der Waals surface area contributed by atoms with Crippen molar-refractivity contribution in [3.8, 4) is 11.4 Å². The summed E-state index contributed by atoms with van der Waals surface area (Å²) in [4.78, 5) is 4.28. The van der Waals surface area contributed by atoms with Crippen LogP contribution in [0.2, 0.25) is 0 Å². The first-order valence-electron chi connectivity index (χ1n) is 4.30. The quantitative estimate of drug-likeness (QED) is 0.780. The molecule has 2 rings (SSSR count). The van der Waals surface area contributed by atoms with Crippen molar-refractivity contribution in [1.29, 1.82) is 0 Å². The van der Waals surface area contributed by atoms with Crippen LogP contribution in [-0.4, -0.2) is 14.8 Å². The molecule has 0 bridgehead atoms. The molecule has 0 spiro atoms. The summed E-state index contributed by atoms with van der Waals surface area (Å²) >= 11 is 3.32. The van der Waals surface area contributed by atoms with Crippen molar-refractivity contribution in [2.45, 2.75) is 6.92 Å². The molecule has 0 saturated carbocycles. The van der Waals surface area contributed by atoms with Crippen LogP contribution in [0.15, 0.2) is 29.0 Å². The second-order valence-corrected chi connectivity index (χ2v) is 3.90. The van der Waals surface area contributed by atoms with E-state index in [1.54, 1.807) is 4.68 Å². The molecule has 0 amide bonds. The molecule has 0 unspecified atom stereocenters. The largest absolute Gasteiger partial charge is 0.243 e. The van der Waals surface area contributed by atoms with E-state index in [0.29, 0.717) is 0 Å². The molecule has 0 saturated heterocycles. The van der Waals surface area contributed by atoms with Crippen LogP contribution in [0.5, 0.6) is 0 Å². The van der Waals surface area contributed by atoms with Crippen LogP contribution in [0.1, 0.15) is 5.56 Å². The summed E-state index contributed by atoms with van der Waals surface area (Å²) in [5, 5.41) is 4.27. The van der Waals surface area contributed by atoms with Crippen LogP contribution >= 0.6 is 15.9 Å². The Bertz CT molecular complexity index is 425. The standard InChI is InChI=1S/C10H10BrN3/c1-7-3-5-8(6-4-7)9-12-10(11)14(2)13-9/h3-6H,1-2H3. The lowest BCUT2D eigenvalue weighted by Crippen LogP contribution is -1.89. The van der Waals surface area contributed by atoms with Crippen molar-refractivity contribution < 1.29 is 0 Å². The van der Waals surface area contributed by atoms with E-state index in [0.717, 1.165) is 16.1 Å². The molecule has 72 valence electrons. The van der Waals surface area contributed by atoms with Gasteiger partial charge >= 0.3 is 0 Å². The zero-order valence-electron chi connectivity index (χ0n) is 8.03. The summed E-state index contributed by atoms with van der Waals surface area (Å²) in [6, 6.07) is 8.16. The molecule has 0 aliphatic heterocycles. The van der Waals surface area contributed by atoms with Crippen LogP contribution in [0.25, 0.3) is 11.4 Å². The maximum absolute atomic E-state index is 4.28. The second kappa shape index (κ2) is 3.53. The van der Waals surface area contributed by atoms with Gasteiger partial charge in [-0.05, 0) is 22.9 Å². The van der Waals surface area contributed by atoms with Gasteiger partial charge in [0.05, 0.1) is 0 Å². The molecule has 1 heterocycles. The summed E-state index contributed by atoms with van der Waals surface area (Å²) < 4.78 is 2.45. The maximum Gasteiger partial charge on any atom is 0.195 e. The number of nitrogens with zero attached hydrogens (tertiary/aromatic N) is 3. The number of aryl methyl sites for hydroxylation is 2. The molecule has 1 aromatic heterocycles. The zero-order valence-corrected chi connectivity index (χ0v) is 9.62. The smallest absolute Gasteiger partial charge is 0.195 e. The van der Waals surface area contributed by atoms with Gasteiger partial charge in [0, 0.05) is 12.6 Å². The third-order valence-electron chi connectivity index (χ3n) is 2.02. The van der Waals surface area contributed by atoms with Gasteiger partial charge in [0.15, 0.2) is 10.6 Å². The van der Waals surface area contributed by atoms with Crippen molar-refractivity contribution in [2.24, 2.45) is 7.05 Å². The van der Waals surface area contributed by atoms with E-state index in [4.69, 9.17) is 0 Å². The van der Waals surface area contributed by atoms with E-state index >= 15 is 0 Å². The average Bonchev–Trinajstić information content (AvgIpc) is 2.48. The van der Waals surface area contributed by atoms with Crippen molar-refractivity contribution >= 4 is 15.9 Å². The first kappa shape index (κ1) is 9.40. The maximum atomic E-state index is 4.28. The number of aromatic nitrogens is 3. The molecular weight excluding hydrogens is 242 g/mol. The monoisotopic (exact) mass is 251 g/mol. The van der Waals surface area contributed by atoms with E-state index in [9.17, 15) is 0 Å². The molecule has 1 aromatic carbocycles. The fourth-order valence-corrected chi connectivity index (χ4v) is 1.44. The number of hydrogen-bond donors (Lipinski definition) is 0. The van der Waals surface area contributed by atoms with Gasteiger partial charge < -0.3 is 0 Å². The van der Waals surface area contributed by atoms with Crippen LogP contribution in [-0.2, 0) is 7.05 Å². The van der Waals surface area contributed by atoms with Crippen molar-refractivity contribution in [3.63, 3.8) is 0 Å². The summed E-state index contributed by atoms with van der Waals surface area (Å²) in [7, 11) is 1.86. The van der Waals surface area contributed by atoms with E-state index in [1.165, 1.54) is 5.56 Å². The second-order valence-electron chi connectivity index (χ2n) is 3.19. The highest BCUT2D eigenvalue weighted by Crippen LogP contribution is 2.17. The Labute approximate surface area is 90.9 Å². The van der Waals surface area contributed by atoms with E-state index < -0.39 is 0 Å². The van der Waals surface area contributed by atoms with Gasteiger partial charge in [-0.25, -0.2) is 9.67 Å². The topological polar surface area (TPSA) is 30.7 Å². The van der Waals surface area contributed by atoms with Gasteiger partial charge in [0.25, 0.3) is 0 Å². The molecule has 3 nitrogen and oxygen atoms in total. The summed E-state index contributed by atoms with van der Waals surface area (Å²) in [6.45, 7) is 2.06. The lowest BCUT2D eigenvalue weighted by molar-refractivity contribution is 0.747. The van der Waals surface area contributed by atoms with Gasteiger partial charge in [0.2, 0.25) is 0 Å². The lowest BCUT2D eigenvalue weighted by Gasteiger charge is -1.95. The van der Waals surface area contributed by atoms with Crippen LogP contribution in [0.3, 0.4) is 0 Å². The molecule has 0 radical (unpaired) electrons. The Kier molecular flexibility index (Phi) is 2.37. The third kappa shape index (κ3) is 1.70. The minimum absolute atomic E-state index is 0.744. The molecule has 4 heteroatoms. The first-order chi connectivity index (χ1) is 6.66. The highest BCUT2D eigenvalue weighted by molar-refractivity contribution is 9.10. The summed E-state index contributed by atoms with van der Waals surface area (Å²) in [5.74, 6) is 0.749. The van der Waals surface area contributed by atoms with Crippen molar-refractivity contribution in [2.75, 3.05) is 0 Å². The predicted molar refractivity (Wildman–Crippen MR) is 58.9 cm³/mol. The van der Waals surface area contributed by atoms with Crippen LogP contribution < -0.4 is 0 Å². The fourth-order valence-electron chi connectivity index (χ4n) is 1.19. The minimum Gasteiger partial charge on any atom is -0.243 e. The highest BCUT2D eigenvalue weighted by Gasteiger charge is 2.05. The summed E-state index contributed by atoms with van der Waals surface area (Å²) in [5.41, 5.74) is 2.28. The van der Waals surface area contributed by atoms with Crippen molar-refractivity contribution in [1.82, 2.24) is 14.8 Å². The number of hydrogen-bond acceptors (Lipinski definition) is 2. The Hall–Kier alpha value is -1.16. The van der Waals surface area contributed by atoms with E-state index in [-0.39, 0.29) is 0 Å². The average molecular weight is 252 g/mol. The number of halogens is 1. The Morgan fingerprint density at radius 3 is 2.36 bits per heavy atom. The lowest BCUT2D eigenvalue weighted by atomic mass is 10.1. The Morgan fingerprint density at radius 2 is 1.86 bits per heavy atom. The predicted octanol–water partition coefficient (Wildman–Crippen LogP) is 2.55. The van der Waals surface area contributed by atoms with Gasteiger partial charge in [-0.2, -0.15) is 5.10 Å². The SMILES string of the molecule is Cc1ccc(-c2nc(Br)n(C)n2)cc1. The molecule has 0 fully saturated rings. The molecule has 2 aromatic rings. The Morgan fingerprint density at radius 1 is 1.21 bits per heavy atom. The number of rotatable bonds is 1. The number of benzene rings is 1. The third-order valence-corrected chi connectivity index (χ3v) is 2.71. The summed E-state index contributed by atoms with van der Waals surface area (Å²) in [6.07, 6.45) is 0. The molecule has 0 aliphatic carbocycles. The molecule has 14 heavy (non-hydrogen) atoms. The Balaban J connectivity index is 2.44. The van der Waals surface area contributed by atoms with Gasteiger partial charge in [-0.1, -0.05) is 29.8 Å². The molecule has 0 atom stereocenters. The molecular formula is C10H10BrN3. The zero-order chi connectivity index (χ0) is 10.1. The van der Waals surface area contributed by atoms with E-state index in [2.05, 4.69) is 45.1 Å². The molecule has 0 N–H and O–H groups in total. The fraction of sp³-hybridized carbons (Fsp3) is 0.200. The van der Waals surface area contributed by atoms with Gasteiger partial charge in [0.1, 0.15) is 0 Å². The normalized spacial score (nSPS) is 10.5. The van der Waals surface area contributed by atoms with Crippen molar-refractivity contribution in [3.05, 3.63) is 34.6 Å². The highest BCUT2D eigenvalue weighted by atomic mass is 79.9. The molecule has 0 aliphatic rings. The van der Waals surface area contributed by atoms with Gasteiger partial charge in [-0.3, -0.25) is 0 Å². The van der Waals surface area contributed by atoms with E-state index in [1.807, 2.05) is 19.2 Å². The minimum atomic E-state index is 0.744. The van der Waals surface area contributed by atoms with Crippen LogP contribution in [0, 0.1) is 6.92 Å².